The Morgan fingerprint density at radius 1 is 1.13 bits per heavy atom. The molecule has 5 nitrogen and oxygen atoms in total. The molecular weight excluding hydrogens is 297 g/mol. The zero-order chi connectivity index (χ0) is 16.2. The number of pyridine rings is 1. The lowest BCUT2D eigenvalue weighted by atomic mass is 10.1. The van der Waals surface area contributed by atoms with Gasteiger partial charge in [-0.3, -0.25) is 4.79 Å². The topological polar surface area (TPSA) is 45.7 Å². The molecule has 1 aromatic heterocycles. The molecule has 0 bridgehead atoms. The van der Waals surface area contributed by atoms with Crippen molar-refractivity contribution >= 4 is 11.7 Å². The first-order valence-electron chi connectivity index (χ1n) is 7.48. The van der Waals surface area contributed by atoms with Crippen molar-refractivity contribution in [3.8, 4) is 5.75 Å². The number of nitrogens with zero attached hydrogens (tertiary/aromatic N) is 3. The predicted octanol–water partition coefficient (Wildman–Crippen LogP) is 2.19. The number of amides is 1. The second-order valence-electron chi connectivity index (χ2n) is 5.32. The summed E-state index contributed by atoms with van der Waals surface area (Å²) in [6.07, 6.45) is 1.67. The molecule has 0 radical (unpaired) electrons. The van der Waals surface area contributed by atoms with E-state index < -0.39 is 5.82 Å². The molecule has 6 heteroatoms. The second kappa shape index (κ2) is 6.64. The molecule has 0 saturated carbocycles. The van der Waals surface area contributed by atoms with Crippen LogP contribution in [0, 0.1) is 5.82 Å². The van der Waals surface area contributed by atoms with Crippen molar-refractivity contribution in [1.29, 1.82) is 0 Å². The van der Waals surface area contributed by atoms with Crippen molar-refractivity contribution in [2.75, 3.05) is 38.2 Å². The highest BCUT2D eigenvalue weighted by molar-refractivity contribution is 5.94. The summed E-state index contributed by atoms with van der Waals surface area (Å²) in [4.78, 5) is 20.5. The number of piperazine rings is 1. The molecule has 1 aliphatic rings. The fourth-order valence-corrected chi connectivity index (χ4v) is 2.62. The Labute approximate surface area is 134 Å². The summed E-state index contributed by atoms with van der Waals surface area (Å²) in [6.45, 7) is 2.42. The SMILES string of the molecule is COc1ccc(N2CCN(C(=O)c3ccccc3F)CC2)nc1. The first kappa shape index (κ1) is 15.3. The van der Waals surface area contributed by atoms with Gasteiger partial charge in [0.1, 0.15) is 17.4 Å². The van der Waals surface area contributed by atoms with E-state index in [2.05, 4.69) is 9.88 Å². The first-order valence-corrected chi connectivity index (χ1v) is 7.48. The van der Waals surface area contributed by atoms with Crippen LogP contribution in [-0.4, -0.2) is 49.1 Å². The molecule has 0 spiro atoms. The first-order chi connectivity index (χ1) is 11.2. The summed E-state index contributed by atoms with van der Waals surface area (Å²) in [5.41, 5.74) is 0.128. The number of benzene rings is 1. The van der Waals surface area contributed by atoms with Gasteiger partial charge in [-0.15, -0.1) is 0 Å². The van der Waals surface area contributed by atoms with Crippen LogP contribution in [-0.2, 0) is 0 Å². The number of methoxy groups -OCH3 is 1. The number of anilines is 1. The van der Waals surface area contributed by atoms with E-state index in [0.29, 0.717) is 31.9 Å². The van der Waals surface area contributed by atoms with Crippen molar-refractivity contribution in [1.82, 2.24) is 9.88 Å². The predicted molar refractivity (Wildman–Crippen MR) is 85.3 cm³/mol. The third-order valence-corrected chi connectivity index (χ3v) is 3.95. The van der Waals surface area contributed by atoms with Crippen LogP contribution in [0.25, 0.3) is 0 Å². The van der Waals surface area contributed by atoms with E-state index in [4.69, 9.17) is 4.74 Å². The van der Waals surface area contributed by atoms with Gasteiger partial charge in [-0.1, -0.05) is 12.1 Å². The van der Waals surface area contributed by atoms with Crippen molar-refractivity contribution in [2.24, 2.45) is 0 Å². The lowest BCUT2D eigenvalue weighted by molar-refractivity contribution is 0.0742. The number of halogens is 1. The summed E-state index contributed by atoms with van der Waals surface area (Å²) in [5.74, 6) is 0.827. The van der Waals surface area contributed by atoms with Crippen molar-refractivity contribution in [2.45, 2.75) is 0 Å². The third-order valence-electron chi connectivity index (χ3n) is 3.95. The van der Waals surface area contributed by atoms with Gasteiger partial charge >= 0.3 is 0 Å². The van der Waals surface area contributed by atoms with E-state index in [-0.39, 0.29) is 11.5 Å². The molecule has 1 fully saturated rings. The minimum Gasteiger partial charge on any atom is -0.495 e. The van der Waals surface area contributed by atoms with Gasteiger partial charge in [-0.05, 0) is 24.3 Å². The molecule has 0 unspecified atom stereocenters. The standard InChI is InChI=1S/C17H18FN3O2/c1-23-13-6-7-16(19-12-13)20-8-10-21(11-9-20)17(22)14-4-2-3-5-15(14)18/h2-7,12H,8-11H2,1H3. The molecule has 0 N–H and O–H groups in total. The zero-order valence-electron chi connectivity index (χ0n) is 12.9. The Bertz CT molecular complexity index is 682. The van der Waals surface area contributed by atoms with E-state index in [1.807, 2.05) is 12.1 Å². The maximum absolute atomic E-state index is 13.7. The molecule has 120 valence electrons. The summed E-state index contributed by atoms with van der Waals surface area (Å²) < 4.78 is 18.8. The van der Waals surface area contributed by atoms with Gasteiger partial charge in [-0.2, -0.15) is 0 Å². The number of hydrogen-bond acceptors (Lipinski definition) is 4. The molecular formula is C17H18FN3O2. The maximum Gasteiger partial charge on any atom is 0.256 e. The van der Waals surface area contributed by atoms with Gasteiger partial charge in [0.2, 0.25) is 0 Å². The normalized spacial score (nSPS) is 14.7. The monoisotopic (exact) mass is 315 g/mol. The molecule has 1 aromatic carbocycles. The molecule has 1 saturated heterocycles. The van der Waals surface area contributed by atoms with E-state index in [0.717, 1.165) is 5.82 Å². The van der Waals surface area contributed by atoms with E-state index >= 15 is 0 Å². The summed E-state index contributed by atoms with van der Waals surface area (Å²) in [5, 5.41) is 0. The summed E-state index contributed by atoms with van der Waals surface area (Å²) in [6, 6.07) is 9.85. The van der Waals surface area contributed by atoms with Gasteiger partial charge in [0.15, 0.2) is 0 Å². The fourth-order valence-electron chi connectivity index (χ4n) is 2.62. The Kier molecular flexibility index (Phi) is 4.41. The van der Waals surface area contributed by atoms with Gasteiger partial charge in [0.25, 0.3) is 5.91 Å². The number of rotatable bonds is 3. The highest BCUT2D eigenvalue weighted by atomic mass is 19.1. The van der Waals surface area contributed by atoms with Gasteiger partial charge < -0.3 is 14.5 Å². The van der Waals surface area contributed by atoms with Gasteiger partial charge in [0.05, 0.1) is 18.9 Å². The van der Waals surface area contributed by atoms with E-state index in [9.17, 15) is 9.18 Å². The molecule has 0 atom stereocenters. The van der Waals surface area contributed by atoms with Crippen molar-refractivity contribution in [3.05, 3.63) is 54.0 Å². The zero-order valence-corrected chi connectivity index (χ0v) is 12.9. The summed E-state index contributed by atoms with van der Waals surface area (Å²) >= 11 is 0. The number of hydrogen-bond donors (Lipinski definition) is 0. The van der Waals surface area contributed by atoms with Crippen molar-refractivity contribution < 1.29 is 13.9 Å². The average molecular weight is 315 g/mol. The molecule has 1 amide bonds. The average Bonchev–Trinajstić information content (AvgIpc) is 2.62. The molecule has 3 rings (SSSR count). The lowest BCUT2D eigenvalue weighted by Crippen LogP contribution is -2.49. The quantitative estimate of drug-likeness (QED) is 0.871. The minimum atomic E-state index is -0.475. The Morgan fingerprint density at radius 3 is 2.48 bits per heavy atom. The molecule has 0 aliphatic carbocycles. The Morgan fingerprint density at radius 2 is 1.87 bits per heavy atom. The van der Waals surface area contributed by atoms with Crippen LogP contribution in [0.3, 0.4) is 0 Å². The highest BCUT2D eigenvalue weighted by Gasteiger charge is 2.24. The maximum atomic E-state index is 13.7. The van der Waals surface area contributed by atoms with Crippen LogP contribution in [0.4, 0.5) is 10.2 Å². The number of ether oxygens (including phenoxy) is 1. The van der Waals surface area contributed by atoms with Gasteiger partial charge in [0, 0.05) is 26.2 Å². The number of aromatic nitrogens is 1. The molecule has 2 heterocycles. The minimum absolute atomic E-state index is 0.128. The highest BCUT2D eigenvalue weighted by Crippen LogP contribution is 2.18. The smallest absolute Gasteiger partial charge is 0.256 e. The number of carbonyl (C=O) groups is 1. The van der Waals surface area contributed by atoms with Crippen LogP contribution in [0.2, 0.25) is 0 Å². The lowest BCUT2D eigenvalue weighted by Gasteiger charge is -2.35. The second-order valence-corrected chi connectivity index (χ2v) is 5.32. The van der Waals surface area contributed by atoms with Crippen LogP contribution < -0.4 is 9.64 Å². The largest absolute Gasteiger partial charge is 0.495 e. The van der Waals surface area contributed by atoms with Crippen LogP contribution in [0.15, 0.2) is 42.6 Å². The van der Waals surface area contributed by atoms with E-state index in [1.54, 1.807) is 30.3 Å². The Balaban J connectivity index is 1.64. The molecule has 2 aromatic rings. The summed E-state index contributed by atoms with van der Waals surface area (Å²) in [7, 11) is 1.60. The van der Waals surface area contributed by atoms with Crippen molar-refractivity contribution in [3.63, 3.8) is 0 Å². The molecule has 1 aliphatic heterocycles. The molecule has 23 heavy (non-hydrogen) atoms. The number of carbonyl (C=O) groups excluding carboxylic acids is 1. The van der Waals surface area contributed by atoms with E-state index in [1.165, 1.54) is 12.1 Å². The van der Waals surface area contributed by atoms with Gasteiger partial charge in [-0.25, -0.2) is 9.37 Å². The van der Waals surface area contributed by atoms with Crippen LogP contribution in [0.5, 0.6) is 5.75 Å². The third kappa shape index (κ3) is 3.26. The Hall–Kier alpha value is -2.63. The van der Waals surface area contributed by atoms with Crippen LogP contribution >= 0.6 is 0 Å². The van der Waals surface area contributed by atoms with Crippen LogP contribution in [0.1, 0.15) is 10.4 Å². The fraction of sp³-hybridized carbons (Fsp3) is 0.294.